The number of nitrogens with one attached hydrogen (secondary N) is 1. The Hall–Kier alpha value is -3.41. The fourth-order valence-electron chi connectivity index (χ4n) is 3.46. The van der Waals surface area contributed by atoms with Crippen LogP contribution in [0.3, 0.4) is 0 Å². The lowest BCUT2D eigenvalue weighted by atomic mass is 10.0. The van der Waals surface area contributed by atoms with E-state index in [9.17, 15) is 9.59 Å². The number of aromatic amines is 1. The van der Waals surface area contributed by atoms with E-state index in [0.29, 0.717) is 12.2 Å². The number of H-pyrrole nitrogens is 1. The van der Waals surface area contributed by atoms with E-state index in [2.05, 4.69) is 10.2 Å². The van der Waals surface area contributed by atoms with Crippen LogP contribution in [0.5, 0.6) is 0 Å². The number of amides is 2. The van der Waals surface area contributed by atoms with E-state index in [1.54, 1.807) is 15.9 Å². The van der Waals surface area contributed by atoms with Crippen LogP contribution in [0.15, 0.2) is 66.9 Å². The maximum Gasteiger partial charge on any atom is 0.272 e. The summed E-state index contributed by atoms with van der Waals surface area (Å²) in [4.78, 5) is 28.9. The molecule has 1 aliphatic heterocycles. The monoisotopic (exact) mass is 360 g/mol. The van der Waals surface area contributed by atoms with Crippen LogP contribution in [-0.2, 0) is 4.79 Å². The number of piperazine rings is 1. The third-order valence-corrected chi connectivity index (χ3v) is 4.86. The summed E-state index contributed by atoms with van der Waals surface area (Å²) < 4.78 is 0. The first-order valence-electron chi connectivity index (χ1n) is 8.90. The molecule has 0 spiro atoms. The number of hydrogen-bond acceptors (Lipinski definition) is 3. The van der Waals surface area contributed by atoms with E-state index >= 15 is 0 Å². The molecule has 0 bridgehead atoms. The Kier molecular flexibility index (Phi) is 4.46. The normalized spacial score (nSPS) is 17.2. The van der Waals surface area contributed by atoms with Gasteiger partial charge in [-0.1, -0.05) is 48.5 Å². The van der Waals surface area contributed by atoms with Crippen molar-refractivity contribution in [2.75, 3.05) is 18.0 Å². The van der Waals surface area contributed by atoms with E-state index < -0.39 is 0 Å². The van der Waals surface area contributed by atoms with E-state index in [0.717, 1.165) is 16.8 Å². The number of hydrogen-bond donors (Lipinski definition) is 1. The van der Waals surface area contributed by atoms with E-state index in [-0.39, 0.29) is 24.4 Å². The molecule has 2 aromatic carbocycles. The van der Waals surface area contributed by atoms with Crippen LogP contribution in [0.2, 0.25) is 0 Å². The molecule has 6 nitrogen and oxygen atoms in total. The van der Waals surface area contributed by atoms with Crippen LogP contribution in [0.25, 0.3) is 11.1 Å². The number of anilines is 1. The van der Waals surface area contributed by atoms with Gasteiger partial charge in [0, 0.05) is 24.3 Å². The van der Waals surface area contributed by atoms with Crippen molar-refractivity contribution in [3.63, 3.8) is 0 Å². The first kappa shape index (κ1) is 17.0. The summed E-state index contributed by atoms with van der Waals surface area (Å²) in [5.41, 5.74) is 3.33. The van der Waals surface area contributed by atoms with Crippen molar-refractivity contribution in [3.8, 4) is 11.1 Å². The molecule has 6 heteroatoms. The largest absolute Gasteiger partial charge is 0.324 e. The zero-order chi connectivity index (χ0) is 18.8. The Morgan fingerprint density at radius 3 is 2.56 bits per heavy atom. The number of aromatic nitrogens is 2. The summed E-state index contributed by atoms with van der Waals surface area (Å²) in [5.74, 6) is -0.298. The molecule has 1 aromatic heterocycles. The standard InChI is InChI=1S/C21H20N4O2/c1-15-13-25(20(26)14-24(15)21(27)18-11-12-22-23-18)19-10-6-5-9-17(19)16-7-3-2-4-8-16/h2-12,15H,13-14H2,1H3,(H,22,23)/t15-/m0/s1. The van der Waals surface area contributed by atoms with Crippen molar-refractivity contribution in [2.24, 2.45) is 0 Å². The highest BCUT2D eigenvalue weighted by Crippen LogP contribution is 2.32. The number of para-hydroxylation sites is 1. The Balaban J connectivity index is 1.62. The Morgan fingerprint density at radius 2 is 1.81 bits per heavy atom. The topological polar surface area (TPSA) is 69.3 Å². The highest BCUT2D eigenvalue weighted by Gasteiger charge is 2.34. The molecule has 1 atom stereocenters. The fourth-order valence-corrected chi connectivity index (χ4v) is 3.46. The smallest absolute Gasteiger partial charge is 0.272 e. The lowest BCUT2D eigenvalue weighted by Crippen LogP contribution is -2.57. The Labute approximate surface area is 157 Å². The molecule has 1 fully saturated rings. The highest BCUT2D eigenvalue weighted by molar-refractivity contribution is 6.03. The van der Waals surface area contributed by atoms with E-state index in [1.807, 2.05) is 61.5 Å². The maximum absolute atomic E-state index is 12.9. The average molecular weight is 360 g/mol. The Bertz CT molecular complexity index is 953. The molecule has 0 aliphatic carbocycles. The lowest BCUT2D eigenvalue weighted by molar-refractivity contribution is -0.121. The molecule has 4 rings (SSSR count). The third kappa shape index (κ3) is 3.21. The molecule has 3 aromatic rings. The van der Waals surface area contributed by atoms with Gasteiger partial charge >= 0.3 is 0 Å². The molecule has 27 heavy (non-hydrogen) atoms. The van der Waals surface area contributed by atoms with Gasteiger partial charge in [0.2, 0.25) is 5.91 Å². The summed E-state index contributed by atoms with van der Waals surface area (Å²) in [6.45, 7) is 2.45. The summed E-state index contributed by atoms with van der Waals surface area (Å²) in [6.07, 6.45) is 1.53. The van der Waals surface area contributed by atoms with Crippen LogP contribution in [-0.4, -0.2) is 46.0 Å². The minimum Gasteiger partial charge on any atom is -0.324 e. The summed E-state index contributed by atoms with van der Waals surface area (Å²) >= 11 is 0. The first-order valence-corrected chi connectivity index (χ1v) is 8.90. The van der Waals surface area contributed by atoms with Crippen molar-refractivity contribution in [1.29, 1.82) is 0 Å². The number of benzene rings is 2. The van der Waals surface area contributed by atoms with Crippen LogP contribution in [0.1, 0.15) is 17.4 Å². The molecule has 136 valence electrons. The molecule has 1 saturated heterocycles. The van der Waals surface area contributed by atoms with Gasteiger partial charge in [0.15, 0.2) is 0 Å². The van der Waals surface area contributed by atoms with Gasteiger partial charge in [-0.2, -0.15) is 5.10 Å². The molecule has 0 unspecified atom stereocenters. The predicted octanol–water partition coefficient (Wildman–Crippen LogP) is 2.95. The van der Waals surface area contributed by atoms with Crippen molar-refractivity contribution < 1.29 is 9.59 Å². The van der Waals surface area contributed by atoms with Crippen LogP contribution < -0.4 is 4.90 Å². The average Bonchev–Trinajstić information content (AvgIpc) is 3.24. The summed E-state index contributed by atoms with van der Waals surface area (Å²) in [6, 6.07) is 19.4. The molecule has 0 radical (unpaired) electrons. The second-order valence-corrected chi connectivity index (χ2v) is 6.64. The van der Waals surface area contributed by atoms with Gasteiger partial charge in [-0.3, -0.25) is 14.7 Å². The lowest BCUT2D eigenvalue weighted by Gasteiger charge is -2.39. The predicted molar refractivity (Wildman–Crippen MR) is 103 cm³/mol. The van der Waals surface area contributed by atoms with E-state index in [1.165, 1.54) is 6.20 Å². The number of carbonyl (C=O) groups is 2. The SMILES string of the molecule is C[C@H]1CN(c2ccccc2-c2ccccc2)C(=O)CN1C(=O)c1ccn[nH]1. The minimum absolute atomic E-state index is 0.0438. The maximum atomic E-state index is 12.9. The number of rotatable bonds is 3. The van der Waals surface area contributed by atoms with Gasteiger partial charge in [-0.15, -0.1) is 0 Å². The van der Waals surface area contributed by atoms with Crippen molar-refractivity contribution in [2.45, 2.75) is 13.0 Å². The van der Waals surface area contributed by atoms with Gasteiger partial charge in [-0.05, 0) is 24.6 Å². The second-order valence-electron chi connectivity index (χ2n) is 6.64. The minimum atomic E-state index is -0.204. The summed E-state index contributed by atoms with van der Waals surface area (Å²) in [7, 11) is 0. The van der Waals surface area contributed by atoms with Crippen LogP contribution in [0, 0.1) is 0 Å². The second kappa shape index (κ2) is 7.07. The van der Waals surface area contributed by atoms with Crippen molar-refractivity contribution >= 4 is 17.5 Å². The molecule has 1 N–H and O–H groups in total. The molecule has 0 saturated carbocycles. The molecule has 1 aliphatic rings. The number of carbonyl (C=O) groups excluding carboxylic acids is 2. The Morgan fingerprint density at radius 1 is 1.07 bits per heavy atom. The molecular weight excluding hydrogens is 340 g/mol. The molecule has 2 amide bonds. The third-order valence-electron chi connectivity index (χ3n) is 4.86. The van der Waals surface area contributed by atoms with E-state index in [4.69, 9.17) is 0 Å². The van der Waals surface area contributed by atoms with Crippen LogP contribution >= 0.6 is 0 Å². The zero-order valence-corrected chi connectivity index (χ0v) is 15.0. The van der Waals surface area contributed by atoms with Gasteiger partial charge < -0.3 is 9.80 Å². The highest BCUT2D eigenvalue weighted by atomic mass is 16.2. The molecular formula is C21H20N4O2. The molecule has 2 heterocycles. The van der Waals surface area contributed by atoms with Crippen LogP contribution in [0.4, 0.5) is 5.69 Å². The van der Waals surface area contributed by atoms with Gasteiger partial charge in [0.05, 0.1) is 5.69 Å². The van der Waals surface area contributed by atoms with Crippen molar-refractivity contribution in [1.82, 2.24) is 15.1 Å². The first-order chi connectivity index (χ1) is 13.1. The van der Waals surface area contributed by atoms with Crippen molar-refractivity contribution in [3.05, 3.63) is 72.6 Å². The fraction of sp³-hybridized carbons (Fsp3) is 0.190. The van der Waals surface area contributed by atoms with Gasteiger partial charge in [0.1, 0.15) is 12.2 Å². The summed E-state index contributed by atoms with van der Waals surface area (Å²) in [5, 5.41) is 6.50. The zero-order valence-electron chi connectivity index (χ0n) is 15.0. The number of nitrogens with zero attached hydrogens (tertiary/aromatic N) is 3. The van der Waals surface area contributed by atoms with Gasteiger partial charge in [0.25, 0.3) is 5.91 Å². The van der Waals surface area contributed by atoms with Gasteiger partial charge in [-0.25, -0.2) is 0 Å². The quantitative estimate of drug-likeness (QED) is 0.781.